The molecule has 0 atom stereocenters. The van der Waals surface area contributed by atoms with Crippen molar-refractivity contribution < 1.29 is 24.0 Å². The molecule has 5 rings (SSSR count). The predicted octanol–water partition coefficient (Wildman–Crippen LogP) is 4.43. The van der Waals surface area contributed by atoms with Gasteiger partial charge in [-0.3, -0.25) is 24.0 Å². The first-order valence-corrected chi connectivity index (χ1v) is 15.5. The monoisotopic (exact) mass is 726 g/mol. The van der Waals surface area contributed by atoms with Crippen molar-refractivity contribution in [2.75, 3.05) is 27.8 Å². The van der Waals surface area contributed by atoms with Gasteiger partial charge in [0.2, 0.25) is 0 Å². The molecule has 5 amide bonds. The highest BCUT2D eigenvalue weighted by Gasteiger charge is 2.19. The topological polar surface area (TPSA) is 200 Å². The second kappa shape index (κ2) is 14.2. The fraction of sp³-hybridized carbons (Fsp3) is 0.152. The molecule has 16 heteroatoms. The van der Waals surface area contributed by atoms with Gasteiger partial charge in [-0.1, -0.05) is 6.58 Å². The molecule has 0 fully saturated rings. The molecule has 4 aromatic heterocycles. The third kappa shape index (κ3) is 7.80. The van der Waals surface area contributed by atoms with Gasteiger partial charge in [-0.15, -0.1) is 0 Å². The normalized spacial score (nSPS) is 10.7. The Morgan fingerprint density at radius 2 is 1.24 bits per heavy atom. The molecular weight excluding hydrogens is 696 g/mol. The van der Waals surface area contributed by atoms with E-state index in [-0.39, 0.29) is 46.3 Å². The van der Waals surface area contributed by atoms with Crippen LogP contribution in [0.1, 0.15) is 48.4 Å². The zero-order valence-electron chi connectivity index (χ0n) is 26.6. The molecule has 5 aromatic rings. The van der Waals surface area contributed by atoms with Gasteiger partial charge in [0.15, 0.2) is 0 Å². The van der Waals surface area contributed by atoms with Crippen molar-refractivity contribution in [2.24, 2.45) is 21.1 Å². The summed E-state index contributed by atoms with van der Waals surface area (Å²) in [6.45, 7) is 3.76. The van der Waals surface area contributed by atoms with Crippen molar-refractivity contribution in [2.45, 2.75) is 6.42 Å². The van der Waals surface area contributed by atoms with E-state index in [2.05, 4.69) is 54.1 Å². The van der Waals surface area contributed by atoms with Crippen LogP contribution in [0.15, 0.2) is 72.1 Å². The number of fused-ring (bicyclic) bond motifs is 1. The highest BCUT2D eigenvalue weighted by atomic mass is 79.9. The van der Waals surface area contributed by atoms with E-state index in [0.29, 0.717) is 39.3 Å². The smallest absolute Gasteiger partial charge is 0.272 e. The summed E-state index contributed by atoms with van der Waals surface area (Å²) in [6, 6.07) is 13.3. The summed E-state index contributed by atoms with van der Waals surface area (Å²) < 4.78 is 4.86. The van der Waals surface area contributed by atoms with Crippen molar-refractivity contribution in [3.8, 4) is 6.07 Å². The first-order valence-electron chi connectivity index (χ1n) is 14.7. The third-order valence-corrected chi connectivity index (χ3v) is 7.74. The summed E-state index contributed by atoms with van der Waals surface area (Å²) >= 11 is 3.04. The number of hydrogen-bond donors (Lipinski definition) is 6. The van der Waals surface area contributed by atoms with E-state index >= 15 is 0 Å². The molecule has 0 unspecified atom stereocenters. The number of nitrogens with zero attached hydrogens (tertiary/aromatic N) is 4. The number of carbonyl (C=O) groups excluding carboxylic acids is 5. The zero-order chi connectivity index (χ0) is 35.4. The fourth-order valence-corrected chi connectivity index (χ4v) is 5.12. The number of aromatic nitrogens is 4. The van der Waals surface area contributed by atoms with E-state index in [4.69, 9.17) is 5.26 Å². The number of carbonyl (C=O) groups is 5. The van der Waals surface area contributed by atoms with Gasteiger partial charge in [0, 0.05) is 62.9 Å². The molecule has 0 saturated heterocycles. The maximum absolute atomic E-state index is 13.2. The molecule has 0 aliphatic heterocycles. The molecule has 0 bridgehead atoms. The Morgan fingerprint density at radius 1 is 0.735 bits per heavy atom. The SMILES string of the molecule is C=C(Br)C(=O)Nc1ccc2[nH]c(C(=O)Nc3cc(C(=O)Nc4cc(C(=O)Nc5cc(C(=O)NCCC#N)n(C)c5)n(C)c4)n(C)c3)cc2c1. The highest BCUT2D eigenvalue weighted by Crippen LogP contribution is 2.23. The van der Waals surface area contributed by atoms with Gasteiger partial charge in [0.05, 0.1) is 34.0 Å². The number of aryl methyl sites for hydroxylation is 3. The molecule has 0 aliphatic carbocycles. The second-order valence-electron chi connectivity index (χ2n) is 11.0. The van der Waals surface area contributed by atoms with E-state index in [1.165, 1.54) is 18.2 Å². The van der Waals surface area contributed by atoms with Gasteiger partial charge in [0.25, 0.3) is 29.5 Å². The van der Waals surface area contributed by atoms with Crippen LogP contribution in [0.5, 0.6) is 0 Å². The Balaban J connectivity index is 1.21. The van der Waals surface area contributed by atoms with Crippen molar-refractivity contribution >= 4 is 79.1 Å². The van der Waals surface area contributed by atoms with Crippen LogP contribution in [0, 0.1) is 11.3 Å². The minimum Gasteiger partial charge on any atom is -0.351 e. The van der Waals surface area contributed by atoms with Gasteiger partial charge in [-0.2, -0.15) is 5.26 Å². The van der Waals surface area contributed by atoms with E-state index in [1.807, 2.05) is 6.07 Å². The lowest BCUT2D eigenvalue weighted by Gasteiger charge is -2.03. The summed E-state index contributed by atoms with van der Waals surface area (Å²) in [6.07, 6.45) is 4.95. The van der Waals surface area contributed by atoms with Gasteiger partial charge in [-0.05, 0) is 58.4 Å². The third-order valence-electron chi connectivity index (χ3n) is 7.38. The lowest BCUT2D eigenvalue weighted by molar-refractivity contribution is -0.112. The van der Waals surface area contributed by atoms with Gasteiger partial charge in [0.1, 0.15) is 22.8 Å². The van der Waals surface area contributed by atoms with Crippen molar-refractivity contribution in [3.63, 3.8) is 0 Å². The van der Waals surface area contributed by atoms with Crippen LogP contribution >= 0.6 is 15.9 Å². The van der Waals surface area contributed by atoms with Crippen LogP contribution in [0.2, 0.25) is 0 Å². The van der Waals surface area contributed by atoms with Gasteiger partial charge >= 0.3 is 0 Å². The molecule has 0 radical (unpaired) electrons. The Kier molecular flexibility index (Phi) is 9.85. The number of halogens is 1. The number of nitrogens with one attached hydrogen (secondary N) is 6. The molecule has 6 N–H and O–H groups in total. The van der Waals surface area contributed by atoms with Crippen molar-refractivity contribution in [1.29, 1.82) is 5.26 Å². The summed E-state index contributed by atoms with van der Waals surface area (Å²) in [5.74, 6) is -2.12. The van der Waals surface area contributed by atoms with E-state index in [9.17, 15) is 24.0 Å². The first-order chi connectivity index (χ1) is 23.3. The molecule has 0 aliphatic rings. The van der Waals surface area contributed by atoms with E-state index in [0.717, 1.165) is 0 Å². The first kappa shape index (κ1) is 34.0. The number of amides is 5. The largest absolute Gasteiger partial charge is 0.351 e. The number of aromatic amines is 1. The zero-order valence-corrected chi connectivity index (χ0v) is 28.2. The van der Waals surface area contributed by atoms with Crippen LogP contribution < -0.4 is 26.6 Å². The van der Waals surface area contributed by atoms with Gasteiger partial charge < -0.3 is 45.3 Å². The maximum atomic E-state index is 13.2. The van der Waals surface area contributed by atoms with Gasteiger partial charge in [-0.25, -0.2) is 0 Å². The Morgan fingerprint density at radius 3 is 1.76 bits per heavy atom. The Labute approximate surface area is 288 Å². The maximum Gasteiger partial charge on any atom is 0.272 e. The van der Waals surface area contributed by atoms with Crippen molar-refractivity contribution in [1.82, 2.24) is 24.0 Å². The molecule has 0 spiro atoms. The molecule has 250 valence electrons. The molecule has 15 nitrogen and oxygen atoms in total. The molecular formula is C33H31BrN10O5. The summed E-state index contributed by atoms with van der Waals surface area (Å²) in [5.41, 5.74) is 3.46. The Bertz CT molecular complexity index is 2200. The van der Waals surface area contributed by atoms with E-state index in [1.54, 1.807) is 77.7 Å². The van der Waals surface area contributed by atoms with E-state index < -0.39 is 17.7 Å². The average molecular weight is 728 g/mol. The average Bonchev–Trinajstić information content (AvgIpc) is 3.82. The fourth-order valence-electron chi connectivity index (χ4n) is 5.02. The van der Waals surface area contributed by atoms with Crippen LogP contribution in [0.4, 0.5) is 22.7 Å². The number of nitriles is 1. The Hall–Kier alpha value is -6.34. The van der Waals surface area contributed by atoms with Crippen LogP contribution in [-0.2, 0) is 25.9 Å². The minimum absolute atomic E-state index is 0.182. The predicted molar refractivity (Wildman–Crippen MR) is 188 cm³/mol. The quantitative estimate of drug-likeness (QED) is 0.0859. The highest BCUT2D eigenvalue weighted by molar-refractivity contribution is 9.12. The summed E-state index contributed by atoms with van der Waals surface area (Å²) in [7, 11) is 4.98. The lowest BCUT2D eigenvalue weighted by atomic mass is 10.2. The number of anilines is 4. The van der Waals surface area contributed by atoms with Crippen LogP contribution in [0.3, 0.4) is 0 Å². The summed E-state index contributed by atoms with van der Waals surface area (Å²) in [5, 5.41) is 23.0. The number of hydrogen-bond acceptors (Lipinski definition) is 6. The molecule has 4 heterocycles. The number of benzene rings is 1. The second-order valence-corrected chi connectivity index (χ2v) is 12.0. The molecule has 0 saturated carbocycles. The molecule has 1 aromatic carbocycles. The summed E-state index contributed by atoms with van der Waals surface area (Å²) in [4.78, 5) is 66.6. The standard InChI is InChI=1S/C33H31BrN10O5/c1-18(34)29(45)37-20-6-7-24-19(10-20)11-25(41-24)30(46)38-21-13-27(43(3)15-21)32(48)40-23-14-28(44(4)17-23)33(49)39-22-12-26(42(2)16-22)31(47)36-9-5-8-35/h6-7,10-17,41H,1,5,9H2,2-4H3,(H,36,47)(H,37,45)(H,38,46)(H,39,49)(H,40,48). The van der Waals surface area contributed by atoms with Crippen LogP contribution in [-0.4, -0.2) is 54.8 Å². The molecule has 49 heavy (non-hydrogen) atoms. The number of H-pyrrole nitrogens is 1. The van der Waals surface area contributed by atoms with Crippen LogP contribution in [0.25, 0.3) is 10.9 Å². The lowest BCUT2D eigenvalue weighted by Crippen LogP contribution is -2.25. The minimum atomic E-state index is -0.470. The van der Waals surface area contributed by atoms with Crippen molar-refractivity contribution in [3.05, 3.63) is 94.9 Å². The number of rotatable bonds is 11.